The van der Waals surface area contributed by atoms with E-state index in [1.807, 2.05) is 36.6 Å². The third kappa shape index (κ3) is 4.48. The Labute approximate surface area is 218 Å². The first-order chi connectivity index (χ1) is 17.2. The third-order valence-corrected chi connectivity index (χ3v) is 9.15. The minimum absolute atomic E-state index is 0.0104. The molecule has 7 nitrogen and oxygen atoms in total. The fourth-order valence-electron chi connectivity index (χ4n) is 5.07. The Morgan fingerprint density at radius 1 is 1.22 bits per heavy atom. The summed E-state index contributed by atoms with van der Waals surface area (Å²) in [6, 6.07) is 11.6. The van der Waals surface area contributed by atoms with Crippen LogP contribution < -0.4 is 4.74 Å². The highest BCUT2D eigenvalue weighted by atomic mass is 32.2. The summed E-state index contributed by atoms with van der Waals surface area (Å²) in [5.74, 6) is 2.20. The van der Waals surface area contributed by atoms with Crippen molar-refractivity contribution in [3.8, 4) is 11.8 Å². The van der Waals surface area contributed by atoms with Crippen molar-refractivity contribution in [1.29, 1.82) is 5.26 Å². The maximum absolute atomic E-state index is 13.8. The highest BCUT2D eigenvalue weighted by molar-refractivity contribution is 7.97. The van der Waals surface area contributed by atoms with E-state index < -0.39 is 16.2 Å². The number of rotatable bonds is 6. The van der Waals surface area contributed by atoms with Crippen molar-refractivity contribution >= 4 is 39.4 Å². The van der Waals surface area contributed by atoms with E-state index in [-0.39, 0.29) is 5.78 Å². The molecule has 3 aromatic rings. The molecule has 0 unspecified atom stereocenters. The summed E-state index contributed by atoms with van der Waals surface area (Å²) in [4.78, 5) is 20.5. The lowest BCUT2D eigenvalue weighted by atomic mass is 9.71. The molecule has 2 aromatic carbocycles. The Kier molecular flexibility index (Phi) is 6.72. The van der Waals surface area contributed by atoms with Crippen molar-refractivity contribution in [2.75, 3.05) is 51.8 Å². The van der Waals surface area contributed by atoms with Gasteiger partial charge < -0.3 is 9.72 Å². The lowest BCUT2D eigenvalue weighted by Crippen LogP contribution is -2.39. The minimum Gasteiger partial charge on any atom is -0.491 e. The van der Waals surface area contributed by atoms with Crippen molar-refractivity contribution in [2.24, 2.45) is 0 Å². The maximum Gasteiger partial charge on any atom is 0.195 e. The van der Waals surface area contributed by atoms with Crippen LogP contribution in [-0.2, 0) is 16.2 Å². The molecular formula is C27H30N4O3S2. The van der Waals surface area contributed by atoms with Crippen molar-refractivity contribution < 1.29 is 13.7 Å². The predicted octanol–water partition coefficient (Wildman–Crippen LogP) is 3.92. The molecule has 1 fully saturated rings. The van der Waals surface area contributed by atoms with E-state index >= 15 is 0 Å². The normalized spacial score (nSPS) is 17.7. The molecule has 0 bridgehead atoms. The maximum atomic E-state index is 13.8. The third-order valence-electron chi connectivity index (χ3n) is 7.00. The van der Waals surface area contributed by atoms with Crippen LogP contribution in [-0.4, -0.2) is 76.0 Å². The molecule has 0 amide bonds. The number of hydrogen-bond acceptors (Lipinski definition) is 7. The van der Waals surface area contributed by atoms with Crippen LogP contribution in [0.15, 0.2) is 35.2 Å². The number of ketones is 1. The van der Waals surface area contributed by atoms with Gasteiger partial charge in [0.05, 0.1) is 22.1 Å². The van der Waals surface area contributed by atoms with E-state index in [2.05, 4.69) is 29.8 Å². The number of nitrogens with zero attached hydrogens (tertiary/aromatic N) is 3. The molecule has 1 aliphatic heterocycles. The van der Waals surface area contributed by atoms with E-state index in [1.54, 1.807) is 12.1 Å². The zero-order valence-corrected chi connectivity index (χ0v) is 22.6. The lowest BCUT2D eigenvalue weighted by molar-refractivity contribution is 0.103. The molecule has 0 radical (unpaired) electrons. The van der Waals surface area contributed by atoms with Crippen LogP contribution in [0.2, 0.25) is 0 Å². The van der Waals surface area contributed by atoms with E-state index in [0.717, 1.165) is 63.9 Å². The Hall–Kier alpha value is -2.64. The molecule has 36 heavy (non-hydrogen) atoms. The fourth-order valence-corrected chi connectivity index (χ4v) is 6.97. The van der Waals surface area contributed by atoms with Crippen LogP contribution in [0, 0.1) is 11.3 Å². The molecular weight excluding hydrogens is 492 g/mol. The molecule has 1 N–H and O–H groups in total. The number of aromatic nitrogens is 1. The van der Waals surface area contributed by atoms with Crippen LogP contribution in [0.25, 0.3) is 10.9 Å². The van der Waals surface area contributed by atoms with E-state index in [9.17, 15) is 14.3 Å². The summed E-state index contributed by atoms with van der Waals surface area (Å²) < 4.78 is 20.0. The van der Waals surface area contributed by atoms with Gasteiger partial charge in [-0.3, -0.25) is 18.2 Å². The summed E-state index contributed by atoms with van der Waals surface area (Å²) >= 11 is 1.54. The van der Waals surface area contributed by atoms with Crippen LogP contribution in [0.4, 0.5) is 0 Å². The molecule has 9 heteroatoms. The van der Waals surface area contributed by atoms with E-state index in [0.29, 0.717) is 23.3 Å². The fraction of sp³-hybridized carbons (Fsp3) is 0.407. The molecule has 1 saturated heterocycles. The van der Waals surface area contributed by atoms with Gasteiger partial charge in [-0.15, -0.1) is 0 Å². The summed E-state index contributed by atoms with van der Waals surface area (Å²) in [6.07, 6.45) is 0. The molecule has 2 aliphatic rings. The van der Waals surface area contributed by atoms with Gasteiger partial charge in [-0.1, -0.05) is 19.9 Å². The van der Waals surface area contributed by atoms with Gasteiger partial charge in [-0.05, 0) is 55.9 Å². The first-order valence-electron chi connectivity index (χ1n) is 12.0. The number of nitriles is 1. The predicted molar refractivity (Wildman–Crippen MR) is 144 cm³/mol. The van der Waals surface area contributed by atoms with Crippen LogP contribution in [0.1, 0.15) is 46.6 Å². The summed E-state index contributed by atoms with van der Waals surface area (Å²) in [6.45, 7) is 7.20. The second kappa shape index (κ2) is 9.67. The van der Waals surface area contributed by atoms with Gasteiger partial charge in [-0.2, -0.15) is 5.26 Å². The van der Waals surface area contributed by atoms with Gasteiger partial charge in [0.1, 0.15) is 12.4 Å². The minimum atomic E-state index is -0.695. The molecule has 0 spiro atoms. The molecule has 1 aliphatic carbocycles. The zero-order chi connectivity index (χ0) is 25.6. The lowest BCUT2D eigenvalue weighted by Gasteiger charge is -2.33. The number of carbonyl (C=O) groups is 1. The van der Waals surface area contributed by atoms with Crippen molar-refractivity contribution in [3.63, 3.8) is 0 Å². The van der Waals surface area contributed by atoms with E-state index in [4.69, 9.17) is 4.74 Å². The highest BCUT2D eigenvalue weighted by Crippen LogP contribution is 2.47. The largest absolute Gasteiger partial charge is 0.491 e. The summed E-state index contributed by atoms with van der Waals surface area (Å²) in [5, 5.41) is 10.2. The Bertz CT molecular complexity index is 1410. The first kappa shape index (κ1) is 25.0. The average Bonchev–Trinajstić information content (AvgIpc) is 3.24. The monoisotopic (exact) mass is 522 g/mol. The molecule has 2 heterocycles. The van der Waals surface area contributed by atoms with Crippen LogP contribution in [0.5, 0.6) is 5.75 Å². The second-order valence-electron chi connectivity index (χ2n) is 9.99. The Morgan fingerprint density at radius 3 is 2.67 bits per heavy atom. The number of nitrogens with one attached hydrogen (secondary N) is 1. The molecule has 5 rings (SSSR count). The average molecular weight is 523 g/mol. The molecule has 188 valence electrons. The summed E-state index contributed by atoms with van der Waals surface area (Å²) in [5.41, 5.74) is 4.07. The van der Waals surface area contributed by atoms with Gasteiger partial charge in [0.15, 0.2) is 5.78 Å². The van der Waals surface area contributed by atoms with E-state index in [1.165, 1.54) is 11.9 Å². The van der Waals surface area contributed by atoms with Crippen molar-refractivity contribution in [2.45, 2.75) is 24.2 Å². The van der Waals surface area contributed by atoms with Crippen LogP contribution >= 0.6 is 11.9 Å². The highest BCUT2D eigenvalue weighted by Gasteiger charge is 2.40. The van der Waals surface area contributed by atoms with Gasteiger partial charge in [0, 0.05) is 69.5 Å². The van der Waals surface area contributed by atoms with Crippen LogP contribution in [0.3, 0.4) is 0 Å². The van der Waals surface area contributed by atoms with Gasteiger partial charge in [-0.25, -0.2) is 0 Å². The second-order valence-corrected chi connectivity index (χ2v) is 13.0. The zero-order valence-electron chi connectivity index (χ0n) is 21.0. The molecule has 0 atom stereocenters. The number of carbonyl (C=O) groups excluding carboxylic acids is 1. The Morgan fingerprint density at radius 2 is 1.97 bits per heavy atom. The van der Waals surface area contributed by atoms with Crippen molar-refractivity contribution in [1.82, 2.24) is 14.2 Å². The number of H-pyrrole nitrogens is 1. The molecule has 0 saturated carbocycles. The van der Waals surface area contributed by atoms with Gasteiger partial charge in [0.25, 0.3) is 0 Å². The first-order valence-corrected chi connectivity index (χ1v) is 14.3. The number of aromatic amines is 1. The van der Waals surface area contributed by atoms with Crippen molar-refractivity contribution in [3.05, 3.63) is 58.3 Å². The number of hydrogen-bond donors (Lipinski definition) is 1. The molecule has 1 aromatic heterocycles. The van der Waals surface area contributed by atoms with Gasteiger partial charge in [0.2, 0.25) is 0 Å². The Balaban J connectivity index is 1.52. The number of ether oxygens (including phenoxy) is 1. The standard InChI is InChI=1S/C27H30N4O3S2/c1-27(2)20-15-22(34-10-7-31-8-11-36(33)12-9-31)23(35-30(3)4)14-19(20)25(32)24-18-6-5-17(16-28)13-21(18)29-26(24)27/h5-6,13-15,29H,7-12H2,1-4H3. The van der Waals surface area contributed by atoms with Gasteiger partial charge >= 0.3 is 0 Å². The summed E-state index contributed by atoms with van der Waals surface area (Å²) in [7, 11) is 3.25. The number of fused-ring (bicyclic) bond motifs is 4. The SMILES string of the molecule is CN(C)Sc1cc2c(cc1OCCN1CCS(=O)CC1)C(C)(C)c1[nH]c3cc(C#N)ccc3c1C2=O. The topological polar surface area (TPSA) is 89.4 Å². The number of benzene rings is 2. The smallest absolute Gasteiger partial charge is 0.195 e. The quantitative estimate of drug-likeness (QED) is 0.491.